The zero-order valence-electron chi connectivity index (χ0n) is 10.3. The van der Waals surface area contributed by atoms with E-state index in [4.69, 9.17) is 10.5 Å². The molecule has 5 heteroatoms. The zero-order valence-corrected chi connectivity index (χ0v) is 11.2. The van der Waals surface area contributed by atoms with Gasteiger partial charge in [0.1, 0.15) is 12.1 Å². The Bertz CT molecular complexity index is 565. The number of carbonyl (C=O) groups is 1. The van der Waals surface area contributed by atoms with Crippen LogP contribution in [0.25, 0.3) is 0 Å². The minimum atomic E-state index is -0.0155. The molecule has 1 heterocycles. The molecule has 1 aromatic rings. The van der Waals surface area contributed by atoms with Crippen LogP contribution in [-0.2, 0) is 4.79 Å². The van der Waals surface area contributed by atoms with Crippen LogP contribution in [0.4, 0.5) is 5.69 Å². The van der Waals surface area contributed by atoms with Gasteiger partial charge in [0.15, 0.2) is 0 Å². The molecule has 0 aliphatic carbocycles. The molecule has 1 aromatic carbocycles. The highest BCUT2D eigenvalue weighted by atomic mass is 32.2. The minimum absolute atomic E-state index is 0.00470. The molecular formula is C14H13N3OS. The van der Waals surface area contributed by atoms with Crippen molar-refractivity contribution in [3.63, 3.8) is 0 Å². The third kappa shape index (κ3) is 3.27. The van der Waals surface area contributed by atoms with Crippen molar-refractivity contribution in [2.24, 2.45) is 0 Å². The highest BCUT2D eigenvalue weighted by Gasteiger charge is 2.21. The van der Waals surface area contributed by atoms with Crippen LogP contribution in [0.2, 0.25) is 0 Å². The summed E-state index contributed by atoms with van der Waals surface area (Å²) in [4.78, 5) is 12.0. The predicted octanol–water partition coefficient (Wildman–Crippen LogP) is 2.65. The topological polar surface area (TPSA) is 76.7 Å². The normalized spacial score (nSPS) is 18.1. The van der Waals surface area contributed by atoms with Gasteiger partial charge in [-0.25, -0.2) is 0 Å². The fraction of sp³-hybridized carbons (Fsp3) is 0.357. The highest BCUT2D eigenvalue weighted by Crippen LogP contribution is 2.26. The van der Waals surface area contributed by atoms with Crippen LogP contribution in [0.15, 0.2) is 18.2 Å². The highest BCUT2D eigenvalue weighted by molar-refractivity contribution is 8.00. The van der Waals surface area contributed by atoms with Crippen molar-refractivity contribution in [2.75, 3.05) is 11.1 Å². The van der Waals surface area contributed by atoms with E-state index in [9.17, 15) is 4.79 Å². The van der Waals surface area contributed by atoms with Crippen LogP contribution in [0, 0.1) is 22.7 Å². The summed E-state index contributed by atoms with van der Waals surface area (Å²) in [5.41, 5.74) is 1.19. The first-order valence-corrected chi connectivity index (χ1v) is 7.16. The third-order valence-electron chi connectivity index (χ3n) is 3.00. The van der Waals surface area contributed by atoms with E-state index in [-0.39, 0.29) is 16.7 Å². The molecule has 0 bridgehead atoms. The van der Waals surface area contributed by atoms with E-state index < -0.39 is 0 Å². The van der Waals surface area contributed by atoms with Gasteiger partial charge in [-0.1, -0.05) is 6.42 Å². The maximum absolute atomic E-state index is 12.0. The first-order chi connectivity index (χ1) is 9.24. The van der Waals surface area contributed by atoms with E-state index in [1.807, 2.05) is 12.1 Å². The van der Waals surface area contributed by atoms with E-state index in [0.717, 1.165) is 18.6 Å². The Morgan fingerprint density at radius 1 is 1.26 bits per heavy atom. The summed E-state index contributed by atoms with van der Waals surface area (Å²) in [7, 11) is 0. The van der Waals surface area contributed by atoms with Gasteiger partial charge in [0.2, 0.25) is 5.91 Å². The fourth-order valence-electron chi connectivity index (χ4n) is 1.98. The number of amides is 1. The van der Waals surface area contributed by atoms with Gasteiger partial charge in [-0.2, -0.15) is 10.5 Å². The lowest BCUT2D eigenvalue weighted by Gasteiger charge is -2.20. The summed E-state index contributed by atoms with van der Waals surface area (Å²) in [6.45, 7) is 0. The summed E-state index contributed by atoms with van der Waals surface area (Å²) < 4.78 is 0. The van der Waals surface area contributed by atoms with E-state index in [1.165, 1.54) is 6.42 Å². The monoisotopic (exact) mass is 271 g/mol. The van der Waals surface area contributed by atoms with Crippen LogP contribution in [0.5, 0.6) is 0 Å². The van der Waals surface area contributed by atoms with Crippen molar-refractivity contribution in [2.45, 2.75) is 24.5 Å². The Morgan fingerprint density at radius 2 is 2.05 bits per heavy atom. The number of rotatable bonds is 2. The lowest BCUT2D eigenvalue weighted by atomic mass is 10.1. The number of benzene rings is 1. The van der Waals surface area contributed by atoms with E-state index in [1.54, 1.807) is 30.0 Å². The molecule has 96 valence electrons. The largest absolute Gasteiger partial charge is 0.325 e. The van der Waals surface area contributed by atoms with Crippen LogP contribution in [-0.4, -0.2) is 16.9 Å². The van der Waals surface area contributed by atoms with Crippen molar-refractivity contribution in [1.82, 2.24) is 0 Å². The van der Waals surface area contributed by atoms with E-state index >= 15 is 0 Å². The van der Waals surface area contributed by atoms with Gasteiger partial charge in [-0.05, 0) is 36.8 Å². The molecule has 1 atom stereocenters. The van der Waals surface area contributed by atoms with Crippen molar-refractivity contribution < 1.29 is 4.79 Å². The maximum Gasteiger partial charge on any atom is 0.237 e. The van der Waals surface area contributed by atoms with Crippen LogP contribution >= 0.6 is 11.8 Å². The number of nitrogens with zero attached hydrogens (tertiary/aromatic N) is 2. The zero-order chi connectivity index (χ0) is 13.7. The molecule has 2 rings (SSSR count). The van der Waals surface area contributed by atoms with Gasteiger partial charge in [-0.15, -0.1) is 11.8 Å². The summed E-state index contributed by atoms with van der Waals surface area (Å²) in [6.07, 6.45) is 3.16. The number of hydrogen-bond acceptors (Lipinski definition) is 4. The smallest absolute Gasteiger partial charge is 0.237 e. The van der Waals surface area contributed by atoms with Crippen LogP contribution in [0.3, 0.4) is 0 Å². The van der Waals surface area contributed by atoms with E-state index in [2.05, 4.69) is 5.32 Å². The molecular weight excluding hydrogens is 258 g/mol. The van der Waals surface area contributed by atoms with Crippen molar-refractivity contribution in [3.05, 3.63) is 29.3 Å². The molecule has 1 N–H and O–H groups in total. The Balaban J connectivity index is 2.09. The van der Waals surface area contributed by atoms with Gasteiger partial charge in [-0.3, -0.25) is 4.79 Å². The number of thioether (sulfide) groups is 1. The first-order valence-electron chi connectivity index (χ1n) is 6.11. The van der Waals surface area contributed by atoms with Gasteiger partial charge in [0.25, 0.3) is 0 Å². The fourth-order valence-corrected chi connectivity index (χ4v) is 3.18. The molecule has 1 fully saturated rings. The Morgan fingerprint density at radius 3 is 2.68 bits per heavy atom. The standard InChI is InChI=1S/C14H13N3OS/c15-8-10-4-5-12(7-11(10)9-16)17-14(18)13-3-1-2-6-19-13/h4-5,7,13H,1-3,6H2,(H,17,18). The molecule has 0 spiro atoms. The average molecular weight is 271 g/mol. The molecule has 0 aromatic heterocycles. The summed E-state index contributed by atoms with van der Waals surface area (Å²) in [5.74, 6) is 1.01. The van der Waals surface area contributed by atoms with Gasteiger partial charge in [0.05, 0.1) is 16.4 Å². The molecule has 1 amide bonds. The van der Waals surface area contributed by atoms with Crippen LogP contribution in [0.1, 0.15) is 30.4 Å². The second-order valence-electron chi connectivity index (χ2n) is 4.33. The SMILES string of the molecule is N#Cc1ccc(NC(=O)C2CCCCS2)cc1C#N. The summed E-state index contributed by atoms with van der Waals surface area (Å²) in [6, 6.07) is 8.67. The molecule has 19 heavy (non-hydrogen) atoms. The molecule has 4 nitrogen and oxygen atoms in total. The number of nitriles is 2. The number of anilines is 1. The molecule has 0 radical (unpaired) electrons. The number of nitrogens with one attached hydrogen (secondary N) is 1. The predicted molar refractivity (Wildman–Crippen MR) is 74.6 cm³/mol. The Kier molecular flexibility index (Phi) is 4.43. The lowest BCUT2D eigenvalue weighted by molar-refractivity contribution is -0.115. The second kappa shape index (κ2) is 6.26. The van der Waals surface area contributed by atoms with Crippen LogP contribution < -0.4 is 5.32 Å². The molecule has 1 aliphatic heterocycles. The minimum Gasteiger partial charge on any atom is -0.325 e. The van der Waals surface area contributed by atoms with Gasteiger partial charge >= 0.3 is 0 Å². The maximum atomic E-state index is 12.0. The van der Waals surface area contributed by atoms with Crippen molar-refractivity contribution in [3.8, 4) is 12.1 Å². The number of carbonyl (C=O) groups excluding carboxylic acids is 1. The van der Waals surface area contributed by atoms with Crippen molar-refractivity contribution in [1.29, 1.82) is 10.5 Å². The molecule has 1 unspecified atom stereocenters. The van der Waals surface area contributed by atoms with Crippen molar-refractivity contribution >= 4 is 23.4 Å². The number of hydrogen-bond donors (Lipinski definition) is 1. The quantitative estimate of drug-likeness (QED) is 0.897. The molecule has 0 saturated carbocycles. The first kappa shape index (κ1) is 13.5. The average Bonchev–Trinajstić information content (AvgIpc) is 2.48. The molecule has 1 saturated heterocycles. The Labute approximate surface area is 116 Å². The lowest BCUT2D eigenvalue weighted by Crippen LogP contribution is -2.27. The summed E-state index contributed by atoms with van der Waals surface area (Å²) >= 11 is 1.68. The second-order valence-corrected chi connectivity index (χ2v) is 5.64. The Hall–Kier alpha value is -1.98. The molecule has 1 aliphatic rings. The van der Waals surface area contributed by atoms with E-state index in [0.29, 0.717) is 11.3 Å². The van der Waals surface area contributed by atoms with Gasteiger partial charge < -0.3 is 5.32 Å². The summed E-state index contributed by atoms with van der Waals surface area (Å²) in [5, 5.41) is 20.6. The van der Waals surface area contributed by atoms with Gasteiger partial charge in [0, 0.05) is 5.69 Å². The third-order valence-corrected chi connectivity index (χ3v) is 4.38.